The van der Waals surface area contributed by atoms with Gasteiger partial charge in [0.05, 0.1) is 46.6 Å². The highest BCUT2D eigenvalue weighted by atomic mass is 31.2. The first kappa shape index (κ1) is 22.5. The molecule has 0 aromatic carbocycles. The maximum absolute atomic E-state index is 12.0. The molecule has 11 heteroatoms. The summed E-state index contributed by atoms with van der Waals surface area (Å²) < 4.78 is 22.5. The number of hydrogen-bond donors (Lipinski definition) is 5. The van der Waals surface area contributed by atoms with Gasteiger partial charge in [0.1, 0.15) is 18.3 Å². The van der Waals surface area contributed by atoms with E-state index in [1.165, 1.54) is 6.92 Å². The standard InChI is InChI=1S/C14H29N2O8P/c1-9-10(17)11(18)12(19)13(24-9)14(20)15-5-7-23-25(21,22)8-6-16(2,3)4/h9-13,17-19H,5-8H2,1-4H3,(H-,15,20,21,22)/p+1/t9?,10-,11+,12-,13?/m0/s1. The van der Waals surface area contributed by atoms with Gasteiger partial charge in [-0.1, -0.05) is 0 Å². The van der Waals surface area contributed by atoms with E-state index in [0.717, 1.165) is 0 Å². The average Bonchev–Trinajstić information content (AvgIpc) is 2.50. The Bertz CT molecular complexity index is 498. The van der Waals surface area contributed by atoms with Gasteiger partial charge in [0.25, 0.3) is 5.91 Å². The number of nitrogens with zero attached hydrogens (tertiary/aromatic N) is 1. The first-order chi connectivity index (χ1) is 11.3. The zero-order valence-electron chi connectivity index (χ0n) is 15.0. The lowest BCUT2D eigenvalue weighted by atomic mass is 9.95. The van der Waals surface area contributed by atoms with Crippen LogP contribution in [-0.2, 0) is 18.6 Å². The van der Waals surface area contributed by atoms with Crippen LogP contribution in [0.3, 0.4) is 0 Å². The molecule has 1 aliphatic heterocycles. The van der Waals surface area contributed by atoms with Gasteiger partial charge in [0, 0.05) is 6.54 Å². The number of nitrogens with one attached hydrogen (secondary N) is 1. The molecule has 0 saturated carbocycles. The third-order valence-electron chi connectivity index (χ3n) is 3.86. The van der Waals surface area contributed by atoms with Gasteiger partial charge in [-0.15, -0.1) is 0 Å². The Balaban J connectivity index is 2.38. The number of aliphatic hydroxyl groups excluding tert-OH is 3. The molecule has 0 bridgehead atoms. The second kappa shape index (κ2) is 8.88. The lowest BCUT2D eigenvalue weighted by Crippen LogP contribution is -2.60. The first-order valence-corrected chi connectivity index (χ1v) is 9.84. The summed E-state index contributed by atoms with van der Waals surface area (Å²) in [6.07, 6.45) is -6.52. The maximum Gasteiger partial charge on any atom is 0.333 e. The summed E-state index contributed by atoms with van der Waals surface area (Å²) in [4.78, 5) is 21.7. The molecule has 0 spiro atoms. The van der Waals surface area contributed by atoms with E-state index in [2.05, 4.69) is 5.32 Å². The Hall–Kier alpha value is -0.580. The van der Waals surface area contributed by atoms with Crippen molar-refractivity contribution in [2.75, 3.05) is 47.0 Å². The summed E-state index contributed by atoms with van der Waals surface area (Å²) in [6, 6.07) is 0. The van der Waals surface area contributed by atoms with Crippen molar-refractivity contribution < 1.29 is 43.3 Å². The fourth-order valence-electron chi connectivity index (χ4n) is 2.22. The summed E-state index contributed by atoms with van der Waals surface area (Å²) in [5, 5.41) is 31.5. The van der Waals surface area contributed by atoms with Crippen molar-refractivity contribution in [2.24, 2.45) is 0 Å². The number of ether oxygens (including phenoxy) is 1. The van der Waals surface area contributed by atoms with Gasteiger partial charge in [-0.3, -0.25) is 9.36 Å². The molecule has 0 aliphatic carbocycles. The Morgan fingerprint density at radius 1 is 1.20 bits per heavy atom. The van der Waals surface area contributed by atoms with Crippen LogP contribution in [0.15, 0.2) is 0 Å². The zero-order chi connectivity index (χ0) is 19.4. The van der Waals surface area contributed by atoms with Crippen molar-refractivity contribution in [3.05, 3.63) is 0 Å². The highest BCUT2D eigenvalue weighted by Gasteiger charge is 2.44. The highest BCUT2D eigenvalue weighted by Crippen LogP contribution is 2.41. The number of hydrogen-bond acceptors (Lipinski definition) is 7. The molecule has 1 aliphatic rings. The van der Waals surface area contributed by atoms with E-state index in [1.807, 2.05) is 21.1 Å². The first-order valence-electron chi connectivity index (χ1n) is 8.08. The fourth-order valence-corrected chi connectivity index (χ4v) is 3.58. The Labute approximate surface area is 147 Å². The number of carbonyl (C=O) groups excluding carboxylic acids is 1. The number of quaternary nitrogens is 1. The van der Waals surface area contributed by atoms with Crippen molar-refractivity contribution in [3.63, 3.8) is 0 Å². The van der Waals surface area contributed by atoms with Crippen LogP contribution in [0.2, 0.25) is 0 Å². The molecule has 148 valence electrons. The summed E-state index contributed by atoms with van der Waals surface area (Å²) >= 11 is 0. The fraction of sp³-hybridized carbons (Fsp3) is 0.929. The van der Waals surface area contributed by atoms with Gasteiger partial charge < -0.3 is 39.3 Å². The van der Waals surface area contributed by atoms with Crippen LogP contribution in [0, 0.1) is 0 Å². The second-order valence-electron chi connectivity index (χ2n) is 7.23. The topological polar surface area (TPSA) is 146 Å². The predicted molar refractivity (Wildman–Crippen MR) is 88.9 cm³/mol. The van der Waals surface area contributed by atoms with Gasteiger partial charge in [-0.05, 0) is 6.92 Å². The average molecular weight is 385 g/mol. The van der Waals surface area contributed by atoms with E-state index in [9.17, 15) is 29.6 Å². The molecule has 0 aromatic heterocycles. The number of carbonyl (C=O) groups is 1. The smallest absolute Gasteiger partial charge is 0.333 e. The van der Waals surface area contributed by atoms with Crippen LogP contribution in [0.25, 0.3) is 0 Å². The van der Waals surface area contributed by atoms with E-state index < -0.39 is 44.0 Å². The second-order valence-corrected chi connectivity index (χ2v) is 9.21. The highest BCUT2D eigenvalue weighted by molar-refractivity contribution is 7.52. The predicted octanol–water partition coefficient (Wildman–Crippen LogP) is -2.12. The molecule has 6 atom stereocenters. The van der Waals surface area contributed by atoms with E-state index in [4.69, 9.17) is 9.26 Å². The van der Waals surface area contributed by atoms with Crippen molar-refractivity contribution in [2.45, 2.75) is 37.4 Å². The van der Waals surface area contributed by atoms with Crippen LogP contribution in [-0.4, -0.2) is 108 Å². The molecule has 10 nitrogen and oxygen atoms in total. The van der Waals surface area contributed by atoms with Crippen molar-refractivity contribution in [1.29, 1.82) is 0 Å². The molecule has 3 unspecified atom stereocenters. The molecule has 0 radical (unpaired) electrons. The molecule has 1 heterocycles. The third-order valence-corrected chi connectivity index (χ3v) is 5.21. The lowest BCUT2D eigenvalue weighted by Gasteiger charge is -2.38. The van der Waals surface area contributed by atoms with Crippen LogP contribution in [0.4, 0.5) is 0 Å². The quantitative estimate of drug-likeness (QED) is 0.181. The van der Waals surface area contributed by atoms with Gasteiger partial charge in [0.15, 0.2) is 6.10 Å². The SMILES string of the molecule is CC1OC(C(=O)NCCOP(=O)(O)CC[N+](C)(C)C)[C@@H](O)[C@H](O)[C@H]1O. The molecule has 0 aromatic rings. The number of aliphatic hydroxyl groups is 3. The minimum absolute atomic E-state index is 0.00348. The Kier molecular flexibility index (Phi) is 7.97. The molecule has 5 N–H and O–H groups in total. The van der Waals surface area contributed by atoms with Crippen LogP contribution < -0.4 is 5.32 Å². The normalized spacial score (nSPS) is 32.9. The summed E-state index contributed by atoms with van der Waals surface area (Å²) in [7, 11) is 1.93. The van der Waals surface area contributed by atoms with Crippen LogP contribution in [0.1, 0.15) is 6.92 Å². The van der Waals surface area contributed by atoms with Crippen LogP contribution in [0.5, 0.6) is 0 Å². The molecule has 1 saturated heterocycles. The number of rotatable bonds is 8. The summed E-state index contributed by atoms with van der Waals surface area (Å²) in [5.74, 6) is -0.701. The van der Waals surface area contributed by atoms with E-state index in [1.54, 1.807) is 0 Å². The largest absolute Gasteiger partial charge is 0.388 e. The van der Waals surface area contributed by atoms with Crippen LogP contribution >= 0.6 is 7.60 Å². The third kappa shape index (κ3) is 7.28. The molecule has 1 amide bonds. The maximum atomic E-state index is 12.0. The minimum Gasteiger partial charge on any atom is -0.388 e. The van der Waals surface area contributed by atoms with Crippen molar-refractivity contribution >= 4 is 13.5 Å². The van der Waals surface area contributed by atoms with Gasteiger partial charge in [0.2, 0.25) is 0 Å². The van der Waals surface area contributed by atoms with E-state index >= 15 is 0 Å². The molecule has 25 heavy (non-hydrogen) atoms. The van der Waals surface area contributed by atoms with Gasteiger partial charge >= 0.3 is 7.60 Å². The number of amides is 1. The van der Waals surface area contributed by atoms with E-state index in [-0.39, 0.29) is 19.3 Å². The van der Waals surface area contributed by atoms with Crippen molar-refractivity contribution in [1.82, 2.24) is 5.32 Å². The summed E-state index contributed by atoms with van der Waals surface area (Å²) in [6.45, 7) is 1.69. The molecule has 1 fully saturated rings. The molecule has 1 rings (SSSR count). The lowest BCUT2D eigenvalue weighted by molar-refractivity contribution is -0.867. The molecular formula is C14H30N2O8P+. The van der Waals surface area contributed by atoms with Crippen molar-refractivity contribution in [3.8, 4) is 0 Å². The monoisotopic (exact) mass is 385 g/mol. The minimum atomic E-state index is -3.74. The Morgan fingerprint density at radius 3 is 2.36 bits per heavy atom. The van der Waals surface area contributed by atoms with Gasteiger partial charge in [-0.2, -0.15) is 0 Å². The Morgan fingerprint density at radius 2 is 1.80 bits per heavy atom. The van der Waals surface area contributed by atoms with E-state index in [0.29, 0.717) is 11.0 Å². The molecular weight excluding hydrogens is 355 g/mol. The zero-order valence-corrected chi connectivity index (χ0v) is 15.9. The van der Waals surface area contributed by atoms with Gasteiger partial charge in [-0.25, -0.2) is 0 Å². The summed E-state index contributed by atoms with van der Waals surface area (Å²) in [5.41, 5.74) is 0.